The van der Waals surface area contributed by atoms with Gasteiger partial charge >= 0.3 is 0 Å². The zero-order valence-electron chi connectivity index (χ0n) is 18.4. The lowest BCUT2D eigenvalue weighted by Gasteiger charge is -2.13. The monoisotopic (exact) mass is 459 g/mol. The molecular formula is C25H22FN5O3. The molecule has 9 heteroatoms. The van der Waals surface area contributed by atoms with Crippen LogP contribution in [0.1, 0.15) is 18.1 Å². The molecule has 0 bridgehead atoms. The Morgan fingerprint density at radius 1 is 1.00 bits per heavy atom. The van der Waals surface area contributed by atoms with Crippen LogP contribution in [0.2, 0.25) is 0 Å². The maximum absolute atomic E-state index is 13.9. The lowest BCUT2D eigenvalue weighted by atomic mass is 10.2. The van der Waals surface area contributed by atoms with Crippen LogP contribution in [0.3, 0.4) is 0 Å². The Bertz CT molecular complexity index is 1340. The molecule has 2 N–H and O–H groups in total. The van der Waals surface area contributed by atoms with Crippen molar-refractivity contribution >= 4 is 12.2 Å². The second-order valence-electron chi connectivity index (χ2n) is 7.11. The number of halogens is 1. The van der Waals surface area contributed by atoms with Crippen molar-refractivity contribution < 1.29 is 13.9 Å². The van der Waals surface area contributed by atoms with Gasteiger partial charge in [0.15, 0.2) is 17.2 Å². The molecule has 3 aromatic carbocycles. The van der Waals surface area contributed by atoms with E-state index >= 15 is 0 Å². The smallest absolute Gasteiger partial charge is 0.279 e. The Labute approximate surface area is 195 Å². The van der Waals surface area contributed by atoms with Gasteiger partial charge in [0.05, 0.1) is 12.8 Å². The first kappa shape index (κ1) is 22.7. The summed E-state index contributed by atoms with van der Waals surface area (Å²) < 4.78 is 25.3. The molecule has 1 heterocycles. The molecule has 8 nitrogen and oxygen atoms in total. The molecule has 4 aromatic rings. The Kier molecular flexibility index (Phi) is 7.24. The number of hydrazone groups is 1. The number of aromatic amines is 1. The molecule has 0 radical (unpaired) electrons. The van der Waals surface area contributed by atoms with Crippen molar-refractivity contribution in [3.05, 3.63) is 100 Å². The average Bonchev–Trinajstić information content (AvgIpc) is 2.85. The van der Waals surface area contributed by atoms with Crippen LogP contribution in [-0.4, -0.2) is 28.0 Å². The zero-order chi connectivity index (χ0) is 23.8. The fourth-order valence-corrected chi connectivity index (χ4v) is 3.10. The summed E-state index contributed by atoms with van der Waals surface area (Å²) in [7, 11) is 0. The molecule has 4 rings (SSSR count). The van der Waals surface area contributed by atoms with Gasteiger partial charge in [-0.05, 0) is 36.8 Å². The summed E-state index contributed by atoms with van der Waals surface area (Å²) in [6.07, 6.45) is 1.54. The van der Waals surface area contributed by atoms with Gasteiger partial charge in [-0.2, -0.15) is 5.10 Å². The van der Waals surface area contributed by atoms with E-state index in [1.165, 1.54) is 12.3 Å². The van der Waals surface area contributed by atoms with Gasteiger partial charge in [-0.3, -0.25) is 9.78 Å². The van der Waals surface area contributed by atoms with Gasteiger partial charge in [-0.1, -0.05) is 48.5 Å². The molecule has 0 atom stereocenters. The lowest BCUT2D eigenvalue weighted by Crippen LogP contribution is -2.15. The van der Waals surface area contributed by atoms with Crippen molar-refractivity contribution in [1.82, 2.24) is 15.2 Å². The highest BCUT2D eigenvalue weighted by Crippen LogP contribution is 2.29. The van der Waals surface area contributed by atoms with E-state index in [4.69, 9.17) is 9.47 Å². The van der Waals surface area contributed by atoms with E-state index in [9.17, 15) is 9.18 Å². The van der Waals surface area contributed by atoms with E-state index in [-0.39, 0.29) is 29.6 Å². The lowest BCUT2D eigenvalue weighted by molar-refractivity contribution is 0.266. The molecular weight excluding hydrogens is 437 g/mol. The number of aromatic nitrogens is 3. The van der Waals surface area contributed by atoms with Crippen molar-refractivity contribution in [3.8, 4) is 22.8 Å². The van der Waals surface area contributed by atoms with Crippen LogP contribution in [0, 0.1) is 5.82 Å². The quantitative estimate of drug-likeness (QED) is 0.284. The van der Waals surface area contributed by atoms with Crippen LogP contribution >= 0.6 is 0 Å². The normalized spacial score (nSPS) is 10.9. The largest absolute Gasteiger partial charge is 0.490 e. The molecule has 34 heavy (non-hydrogen) atoms. The summed E-state index contributed by atoms with van der Waals surface area (Å²) in [5.41, 5.74) is 4.34. The Morgan fingerprint density at radius 3 is 2.56 bits per heavy atom. The number of rotatable bonds is 9. The third-order valence-corrected chi connectivity index (χ3v) is 4.74. The van der Waals surface area contributed by atoms with Gasteiger partial charge < -0.3 is 9.47 Å². The molecule has 0 saturated heterocycles. The Balaban J connectivity index is 1.43. The second-order valence-corrected chi connectivity index (χ2v) is 7.11. The third kappa shape index (κ3) is 5.63. The molecule has 0 unspecified atom stereocenters. The van der Waals surface area contributed by atoms with Gasteiger partial charge in [0.1, 0.15) is 12.4 Å². The van der Waals surface area contributed by atoms with Crippen LogP contribution in [0.4, 0.5) is 10.3 Å². The van der Waals surface area contributed by atoms with E-state index in [1.807, 2.05) is 25.1 Å². The first-order chi connectivity index (χ1) is 16.6. The first-order valence-electron chi connectivity index (χ1n) is 10.6. The van der Waals surface area contributed by atoms with Crippen LogP contribution in [0.25, 0.3) is 11.3 Å². The summed E-state index contributed by atoms with van der Waals surface area (Å²) in [6.45, 7) is 2.36. The van der Waals surface area contributed by atoms with E-state index in [0.717, 1.165) is 0 Å². The van der Waals surface area contributed by atoms with Gasteiger partial charge in [-0.15, -0.1) is 10.2 Å². The van der Waals surface area contributed by atoms with E-state index in [1.54, 1.807) is 48.5 Å². The fraction of sp³-hybridized carbons (Fsp3) is 0.120. The maximum atomic E-state index is 13.9. The molecule has 0 aliphatic carbocycles. The molecule has 0 fully saturated rings. The van der Waals surface area contributed by atoms with Gasteiger partial charge in [0.2, 0.25) is 5.95 Å². The number of hydrogen-bond acceptors (Lipinski definition) is 7. The minimum Gasteiger partial charge on any atom is -0.490 e. The summed E-state index contributed by atoms with van der Waals surface area (Å²) in [6, 6.07) is 20.8. The molecule has 172 valence electrons. The summed E-state index contributed by atoms with van der Waals surface area (Å²) in [5.74, 6) is 0.772. The van der Waals surface area contributed by atoms with Crippen molar-refractivity contribution in [2.24, 2.45) is 5.10 Å². The van der Waals surface area contributed by atoms with Crippen LogP contribution in [0.15, 0.2) is 82.7 Å². The second kappa shape index (κ2) is 10.9. The molecule has 0 saturated carbocycles. The van der Waals surface area contributed by atoms with E-state index in [0.29, 0.717) is 34.8 Å². The van der Waals surface area contributed by atoms with E-state index < -0.39 is 0 Å². The minimum absolute atomic E-state index is 0.0761. The van der Waals surface area contributed by atoms with Crippen molar-refractivity contribution in [3.63, 3.8) is 0 Å². The standard InChI is InChI=1S/C25H22FN5O3/c1-2-33-22-14-17(12-13-21(22)34-16-19-10-6-7-11-20(19)26)15-27-30-25-28-24(32)23(29-31-25)18-8-4-3-5-9-18/h3-15H,2,16H2,1H3,(H2,28,30,31,32)/b27-15+. The highest BCUT2D eigenvalue weighted by atomic mass is 19.1. The fourth-order valence-electron chi connectivity index (χ4n) is 3.10. The van der Waals surface area contributed by atoms with Crippen LogP contribution in [0.5, 0.6) is 11.5 Å². The predicted molar refractivity (Wildman–Crippen MR) is 128 cm³/mol. The number of benzene rings is 3. The van der Waals surface area contributed by atoms with E-state index in [2.05, 4.69) is 25.7 Å². The number of H-pyrrole nitrogens is 1. The maximum Gasteiger partial charge on any atom is 0.279 e. The molecule has 0 spiro atoms. The summed E-state index contributed by atoms with van der Waals surface area (Å²) in [4.78, 5) is 14.9. The third-order valence-electron chi connectivity index (χ3n) is 4.74. The SMILES string of the molecule is CCOc1cc(/C=N/Nc2nnc(-c3ccccc3)c(=O)[nH]2)ccc1OCc1ccccc1F. The minimum atomic E-state index is -0.381. The topological polar surface area (TPSA) is 101 Å². The van der Waals surface area contributed by atoms with Crippen LogP contribution < -0.4 is 20.5 Å². The van der Waals surface area contributed by atoms with Gasteiger partial charge in [0.25, 0.3) is 5.56 Å². The molecule has 1 aromatic heterocycles. The highest BCUT2D eigenvalue weighted by Gasteiger charge is 2.09. The van der Waals surface area contributed by atoms with Gasteiger partial charge in [-0.25, -0.2) is 9.82 Å². The first-order valence-corrected chi connectivity index (χ1v) is 10.6. The van der Waals surface area contributed by atoms with Crippen LogP contribution in [-0.2, 0) is 6.61 Å². The summed E-state index contributed by atoms with van der Waals surface area (Å²) in [5, 5.41) is 12.0. The zero-order valence-corrected chi connectivity index (χ0v) is 18.4. The number of anilines is 1. The van der Waals surface area contributed by atoms with Crippen molar-refractivity contribution in [2.45, 2.75) is 13.5 Å². The molecule has 0 amide bonds. The molecule has 0 aliphatic heterocycles. The van der Waals surface area contributed by atoms with Crippen molar-refractivity contribution in [1.29, 1.82) is 0 Å². The number of nitrogens with one attached hydrogen (secondary N) is 2. The number of ether oxygens (including phenoxy) is 2. The average molecular weight is 459 g/mol. The Morgan fingerprint density at radius 2 is 1.79 bits per heavy atom. The Hall–Kier alpha value is -4.53. The predicted octanol–water partition coefficient (Wildman–Crippen LogP) is 4.39. The molecule has 0 aliphatic rings. The summed E-state index contributed by atoms with van der Waals surface area (Å²) >= 11 is 0. The van der Waals surface area contributed by atoms with Gasteiger partial charge in [0, 0.05) is 11.1 Å². The number of nitrogens with zero attached hydrogens (tertiary/aromatic N) is 3. The van der Waals surface area contributed by atoms with Crippen molar-refractivity contribution in [2.75, 3.05) is 12.0 Å². The highest BCUT2D eigenvalue weighted by molar-refractivity contribution is 5.81. The number of hydrogen-bond donors (Lipinski definition) is 2.